The zero-order valence-corrected chi connectivity index (χ0v) is 13.6. The predicted octanol–water partition coefficient (Wildman–Crippen LogP) is 2.44. The summed E-state index contributed by atoms with van der Waals surface area (Å²) in [7, 11) is 0. The molecular formula is C17H23ClNO3+. The van der Waals surface area contributed by atoms with E-state index in [0.717, 1.165) is 48.9 Å². The van der Waals surface area contributed by atoms with Gasteiger partial charge in [0, 0.05) is 23.4 Å². The molecule has 2 heterocycles. The number of Topliss-reactive ketones (excluding diaryl/α,β-unsaturated/α-hetero) is 1. The van der Waals surface area contributed by atoms with Crippen LogP contribution in [0.15, 0.2) is 24.3 Å². The molecule has 0 bridgehead atoms. The van der Waals surface area contributed by atoms with E-state index in [0.29, 0.717) is 25.2 Å². The van der Waals surface area contributed by atoms with Gasteiger partial charge in [0.05, 0.1) is 19.8 Å². The first kappa shape index (κ1) is 15.9. The first-order valence-electron chi connectivity index (χ1n) is 7.96. The van der Waals surface area contributed by atoms with Gasteiger partial charge in [-0.25, -0.2) is 0 Å². The van der Waals surface area contributed by atoms with E-state index in [1.807, 2.05) is 12.1 Å². The lowest BCUT2D eigenvalue weighted by Gasteiger charge is -2.43. The summed E-state index contributed by atoms with van der Waals surface area (Å²) >= 11 is 5.98. The summed E-state index contributed by atoms with van der Waals surface area (Å²) in [4.78, 5) is 11.7. The van der Waals surface area contributed by atoms with Gasteiger partial charge in [-0.05, 0) is 12.1 Å². The fourth-order valence-corrected chi connectivity index (χ4v) is 3.54. The fraction of sp³-hybridized carbons (Fsp3) is 0.588. The van der Waals surface area contributed by atoms with Gasteiger partial charge in [0.25, 0.3) is 0 Å². The Balaban J connectivity index is 1.72. The minimum atomic E-state index is 0.0478. The Hall–Kier alpha value is -0.940. The molecule has 1 aromatic rings. The molecule has 2 fully saturated rings. The molecule has 3 rings (SSSR count). The minimum absolute atomic E-state index is 0.0478. The first-order valence-corrected chi connectivity index (χ1v) is 8.34. The lowest BCUT2D eigenvalue weighted by molar-refractivity contribution is -0.950. The second-order valence-corrected chi connectivity index (χ2v) is 6.79. The summed E-state index contributed by atoms with van der Waals surface area (Å²) in [6, 6.07) is 8.05. The number of carbonyl (C=O) groups is 1. The molecule has 0 amide bonds. The maximum absolute atomic E-state index is 11.7. The van der Waals surface area contributed by atoms with Crippen LogP contribution in [0, 0.1) is 0 Å². The van der Waals surface area contributed by atoms with Gasteiger partial charge in [0.2, 0.25) is 0 Å². The molecule has 0 spiro atoms. The van der Waals surface area contributed by atoms with Crippen LogP contribution in [-0.4, -0.2) is 55.8 Å². The summed E-state index contributed by atoms with van der Waals surface area (Å²) in [5.41, 5.74) is 1.27. The summed E-state index contributed by atoms with van der Waals surface area (Å²) in [6.07, 6.45) is 1.17. The number of rotatable bonds is 4. The smallest absolute Gasteiger partial charge is 0.138 e. The molecule has 4 nitrogen and oxygen atoms in total. The van der Waals surface area contributed by atoms with Crippen molar-refractivity contribution in [1.82, 2.24) is 0 Å². The molecule has 22 heavy (non-hydrogen) atoms. The van der Waals surface area contributed by atoms with Gasteiger partial charge in [-0.15, -0.1) is 0 Å². The zero-order chi connectivity index (χ0) is 15.4. The highest BCUT2D eigenvalue weighted by atomic mass is 35.5. The Bertz CT molecular complexity index is 511. The van der Waals surface area contributed by atoms with Crippen LogP contribution in [-0.2, 0) is 20.8 Å². The van der Waals surface area contributed by atoms with Gasteiger partial charge in [-0.1, -0.05) is 23.7 Å². The molecule has 0 saturated carbocycles. The maximum atomic E-state index is 11.7. The summed E-state index contributed by atoms with van der Waals surface area (Å²) in [5.74, 6) is 0.328. The molecule has 0 radical (unpaired) electrons. The van der Waals surface area contributed by atoms with E-state index in [1.54, 1.807) is 0 Å². The number of morpholine rings is 1. The van der Waals surface area contributed by atoms with Crippen molar-refractivity contribution in [2.75, 3.05) is 39.5 Å². The lowest BCUT2D eigenvalue weighted by Crippen LogP contribution is -2.58. The first-order chi connectivity index (χ1) is 10.7. The van der Waals surface area contributed by atoms with Crippen LogP contribution in [0.2, 0.25) is 5.02 Å². The molecule has 1 unspecified atom stereocenters. The lowest BCUT2D eigenvalue weighted by atomic mass is 10.0. The summed E-state index contributed by atoms with van der Waals surface area (Å²) < 4.78 is 12.3. The number of ketones is 1. The molecule has 2 aliphatic heterocycles. The number of carbonyl (C=O) groups excluding carboxylic acids is 1. The summed E-state index contributed by atoms with van der Waals surface area (Å²) in [5, 5.41) is 0.762. The summed E-state index contributed by atoms with van der Waals surface area (Å²) in [6.45, 7) is 5.88. The van der Waals surface area contributed by atoms with Crippen LogP contribution in [0.5, 0.6) is 0 Å². The Morgan fingerprint density at radius 1 is 1.14 bits per heavy atom. The van der Waals surface area contributed by atoms with Crippen molar-refractivity contribution in [2.45, 2.75) is 25.5 Å². The van der Waals surface area contributed by atoms with Gasteiger partial charge in [-0.3, -0.25) is 4.79 Å². The molecule has 0 aromatic heterocycles. The standard InChI is InChI=1S/C17H23ClNO3/c18-15-3-1-14(2-4-15)12-19(6-9-21-10-7-19)13-17-11-16(20)5-8-22-17/h1-4,17H,5-13H2/q+1. The Kier molecular flexibility index (Phi) is 5.14. The third-order valence-corrected chi connectivity index (χ3v) is 4.88. The Morgan fingerprint density at radius 2 is 1.86 bits per heavy atom. The monoisotopic (exact) mass is 324 g/mol. The van der Waals surface area contributed by atoms with E-state index in [4.69, 9.17) is 21.1 Å². The molecule has 0 aliphatic carbocycles. The van der Waals surface area contributed by atoms with E-state index in [2.05, 4.69) is 12.1 Å². The third-order valence-electron chi connectivity index (χ3n) is 4.63. The predicted molar refractivity (Wildman–Crippen MR) is 84.8 cm³/mol. The number of ether oxygens (including phenoxy) is 2. The Labute approximate surface area is 136 Å². The van der Waals surface area contributed by atoms with Crippen LogP contribution in [0.3, 0.4) is 0 Å². The number of hydrogen-bond acceptors (Lipinski definition) is 3. The molecule has 0 N–H and O–H groups in total. The van der Waals surface area contributed by atoms with E-state index in [9.17, 15) is 4.79 Å². The highest BCUT2D eigenvalue weighted by molar-refractivity contribution is 6.30. The van der Waals surface area contributed by atoms with Crippen molar-refractivity contribution in [1.29, 1.82) is 0 Å². The van der Waals surface area contributed by atoms with Gasteiger partial charge in [-0.2, -0.15) is 0 Å². The van der Waals surface area contributed by atoms with Crippen LogP contribution < -0.4 is 0 Å². The van der Waals surface area contributed by atoms with E-state index in [-0.39, 0.29) is 6.10 Å². The Morgan fingerprint density at radius 3 is 2.55 bits per heavy atom. The zero-order valence-electron chi connectivity index (χ0n) is 12.8. The van der Waals surface area contributed by atoms with Gasteiger partial charge >= 0.3 is 0 Å². The van der Waals surface area contributed by atoms with Crippen molar-refractivity contribution in [3.05, 3.63) is 34.9 Å². The third kappa shape index (κ3) is 4.07. The van der Waals surface area contributed by atoms with E-state index < -0.39 is 0 Å². The van der Waals surface area contributed by atoms with Crippen molar-refractivity contribution in [3.63, 3.8) is 0 Å². The minimum Gasteiger partial charge on any atom is -0.371 e. The molecule has 1 aromatic carbocycles. The highest BCUT2D eigenvalue weighted by Crippen LogP contribution is 2.23. The highest BCUT2D eigenvalue weighted by Gasteiger charge is 2.35. The number of nitrogens with zero attached hydrogens (tertiary/aromatic N) is 1. The molecule has 1 atom stereocenters. The van der Waals surface area contributed by atoms with Crippen molar-refractivity contribution in [3.8, 4) is 0 Å². The van der Waals surface area contributed by atoms with E-state index in [1.165, 1.54) is 5.56 Å². The second kappa shape index (κ2) is 7.09. The van der Waals surface area contributed by atoms with Gasteiger partial charge in [0.15, 0.2) is 0 Å². The second-order valence-electron chi connectivity index (χ2n) is 6.35. The largest absolute Gasteiger partial charge is 0.371 e. The number of halogens is 1. The van der Waals surface area contributed by atoms with Crippen molar-refractivity contribution < 1.29 is 18.8 Å². The number of benzene rings is 1. The fourth-order valence-electron chi connectivity index (χ4n) is 3.42. The van der Waals surface area contributed by atoms with Crippen molar-refractivity contribution in [2.24, 2.45) is 0 Å². The average molecular weight is 325 g/mol. The number of quaternary nitrogens is 1. The normalized spacial score (nSPS) is 25.1. The molecule has 5 heteroatoms. The molecule has 2 aliphatic rings. The number of hydrogen-bond donors (Lipinski definition) is 0. The van der Waals surface area contributed by atoms with Crippen molar-refractivity contribution >= 4 is 17.4 Å². The van der Waals surface area contributed by atoms with Crippen LogP contribution >= 0.6 is 11.6 Å². The maximum Gasteiger partial charge on any atom is 0.138 e. The van der Waals surface area contributed by atoms with Gasteiger partial charge in [0.1, 0.15) is 38.1 Å². The average Bonchev–Trinajstić information content (AvgIpc) is 2.50. The molecule has 120 valence electrons. The molecular weight excluding hydrogens is 302 g/mol. The van der Waals surface area contributed by atoms with Crippen LogP contribution in [0.4, 0.5) is 0 Å². The van der Waals surface area contributed by atoms with Crippen LogP contribution in [0.25, 0.3) is 0 Å². The van der Waals surface area contributed by atoms with Crippen LogP contribution in [0.1, 0.15) is 18.4 Å². The van der Waals surface area contributed by atoms with Gasteiger partial charge < -0.3 is 14.0 Å². The topological polar surface area (TPSA) is 35.5 Å². The molecule has 2 saturated heterocycles. The SMILES string of the molecule is O=C1CCOC(C[N+]2(Cc3ccc(Cl)cc3)CCOCC2)C1. The quantitative estimate of drug-likeness (QED) is 0.798. The van der Waals surface area contributed by atoms with E-state index >= 15 is 0 Å².